The van der Waals surface area contributed by atoms with Crippen LogP contribution in [0, 0.1) is 11.3 Å². The van der Waals surface area contributed by atoms with Crippen LogP contribution in [0.1, 0.15) is 40.5 Å². The van der Waals surface area contributed by atoms with Gasteiger partial charge >= 0.3 is 0 Å². The van der Waals surface area contributed by atoms with Gasteiger partial charge in [0, 0.05) is 19.1 Å². The monoisotopic (exact) mass is 292 g/mol. The molecule has 0 aromatic heterocycles. The van der Waals surface area contributed by atoms with E-state index in [1.807, 2.05) is 20.8 Å². The number of rotatable bonds is 6. The highest BCUT2D eigenvalue weighted by molar-refractivity contribution is 4.86. The molecule has 0 spiro atoms. The Balaban J connectivity index is 2.53. The van der Waals surface area contributed by atoms with Crippen molar-refractivity contribution in [2.75, 3.05) is 26.2 Å². The number of aliphatic hydroxyl groups is 1. The van der Waals surface area contributed by atoms with Gasteiger partial charge in [-0.15, -0.1) is 0 Å². The van der Waals surface area contributed by atoms with Crippen molar-refractivity contribution in [3.05, 3.63) is 0 Å². The summed E-state index contributed by atoms with van der Waals surface area (Å²) in [7, 11) is 0. The largest absolute Gasteiger partial charge is 0.393 e. The number of aliphatic hydroxyl groups excluding tert-OH is 1. The van der Waals surface area contributed by atoms with E-state index in [4.69, 9.17) is 0 Å². The fraction of sp³-hybridized carbons (Fsp3) is 1.00. The molecule has 1 rings (SSSR count). The van der Waals surface area contributed by atoms with Crippen molar-refractivity contribution in [1.29, 1.82) is 0 Å². The SMILES string of the molecule is CCN1CC(CC(O)C(C)(C)C)CC(NCC(F)F)C1. The molecule has 0 aromatic carbocycles. The van der Waals surface area contributed by atoms with Gasteiger partial charge in [-0.2, -0.15) is 0 Å². The van der Waals surface area contributed by atoms with Gasteiger partial charge in [-0.25, -0.2) is 8.78 Å². The van der Waals surface area contributed by atoms with Crippen LogP contribution in [0.5, 0.6) is 0 Å². The average molecular weight is 292 g/mol. The van der Waals surface area contributed by atoms with Gasteiger partial charge in [-0.05, 0) is 30.7 Å². The Hall–Kier alpha value is -0.260. The molecule has 0 aromatic rings. The van der Waals surface area contributed by atoms with E-state index in [9.17, 15) is 13.9 Å². The van der Waals surface area contributed by atoms with Crippen LogP contribution in [0.15, 0.2) is 0 Å². The molecule has 0 aliphatic carbocycles. The zero-order valence-corrected chi connectivity index (χ0v) is 13.2. The quantitative estimate of drug-likeness (QED) is 0.789. The topological polar surface area (TPSA) is 35.5 Å². The van der Waals surface area contributed by atoms with E-state index in [0.29, 0.717) is 5.92 Å². The van der Waals surface area contributed by atoms with E-state index in [1.165, 1.54) is 0 Å². The minimum absolute atomic E-state index is 0.106. The second-order valence-electron chi connectivity index (χ2n) is 7.07. The summed E-state index contributed by atoms with van der Waals surface area (Å²) in [6.45, 7) is 10.7. The van der Waals surface area contributed by atoms with Crippen LogP contribution in [-0.2, 0) is 0 Å². The number of likely N-dealkylation sites (tertiary alicyclic amines) is 1. The van der Waals surface area contributed by atoms with Crippen molar-refractivity contribution in [3.8, 4) is 0 Å². The van der Waals surface area contributed by atoms with Crippen LogP contribution < -0.4 is 5.32 Å². The molecule has 0 saturated carbocycles. The van der Waals surface area contributed by atoms with Gasteiger partial charge < -0.3 is 15.3 Å². The molecule has 0 amide bonds. The number of hydrogen-bond acceptors (Lipinski definition) is 3. The van der Waals surface area contributed by atoms with Crippen molar-refractivity contribution in [2.24, 2.45) is 11.3 Å². The lowest BCUT2D eigenvalue weighted by Gasteiger charge is -2.40. The van der Waals surface area contributed by atoms with Crippen molar-refractivity contribution in [1.82, 2.24) is 10.2 Å². The summed E-state index contributed by atoms with van der Waals surface area (Å²) in [4.78, 5) is 2.28. The summed E-state index contributed by atoms with van der Waals surface area (Å²) in [5.74, 6) is 0.369. The number of piperidine rings is 1. The molecule has 2 N–H and O–H groups in total. The zero-order chi connectivity index (χ0) is 15.3. The Labute approximate surface area is 121 Å². The molecule has 0 bridgehead atoms. The zero-order valence-electron chi connectivity index (χ0n) is 13.2. The maximum atomic E-state index is 12.3. The minimum Gasteiger partial charge on any atom is -0.393 e. The highest BCUT2D eigenvalue weighted by Gasteiger charge is 2.31. The molecule has 1 aliphatic rings. The summed E-state index contributed by atoms with van der Waals surface area (Å²) in [6.07, 6.45) is -1.03. The van der Waals surface area contributed by atoms with Gasteiger partial charge in [-0.1, -0.05) is 27.7 Å². The highest BCUT2D eigenvalue weighted by atomic mass is 19.3. The smallest absolute Gasteiger partial charge is 0.250 e. The van der Waals surface area contributed by atoms with E-state index in [2.05, 4.69) is 17.1 Å². The van der Waals surface area contributed by atoms with Crippen LogP contribution in [0.25, 0.3) is 0 Å². The highest BCUT2D eigenvalue weighted by Crippen LogP contribution is 2.29. The van der Waals surface area contributed by atoms with Crippen LogP contribution in [0.3, 0.4) is 0 Å². The molecule has 20 heavy (non-hydrogen) atoms. The molecule has 1 heterocycles. The van der Waals surface area contributed by atoms with Crippen LogP contribution >= 0.6 is 0 Å². The fourth-order valence-electron chi connectivity index (χ4n) is 2.80. The normalized spacial score (nSPS) is 27.0. The first-order chi connectivity index (χ1) is 9.22. The van der Waals surface area contributed by atoms with Crippen LogP contribution in [-0.4, -0.2) is 54.8 Å². The van der Waals surface area contributed by atoms with Gasteiger partial charge in [-0.3, -0.25) is 0 Å². The van der Waals surface area contributed by atoms with Gasteiger partial charge in [0.1, 0.15) is 0 Å². The Morgan fingerprint density at radius 3 is 2.45 bits per heavy atom. The molecular weight excluding hydrogens is 262 g/mol. The molecule has 3 unspecified atom stereocenters. The second-order valence-corrected chi connectivity index (χ2v) is 7.07. The third-order valence-corrected chi connectivity index (χ3v) is 4.18. The third-order valence-electron chi connectivity index (χ3n) is 4.18. The molecule has 3 atom stereocenters. The maximum absolute atomic E-state index is 12.3. The number of likely N-dealkylation sites (N-methyl/N-ethyl adjacent to an activating group) is 1. The number of halogens is 2. The molecule has 1 aliphatic heterocycles. The number of alkyl halides is 2. The lowest BCUT2D eigenvalue weighted by molar-refractivity contribution is 0.0214. The van der Waals surface area contributed by atoms with Crippen molar-refractivity contribution in [2.45, 2.75) is 59.1 Å². The molecule has 1 fully saturated rings. The number of hydrogen-bond donors (Lipinski definition) is 2. The van der Waals surface area contributed by atoms with E-state index in [1.54, 1.807) is 0 Å². The maximum Gasteiger partial charge on any atom is 0.250 e. The number of nitrogens with zero attached hydrogens (tertiary/aromatic N) is 1. The van der Waals surface area contributed by atoms with E-state index in [-0.39, 0.29) is 24.1 Å². The third kappa shape index (κ3) is 6.02. The second kappa shape index (κ2) is 7.66. The molecule has 1 saturated heterocycles. The van der Waals surface area contributed by atoms with Gasteiger partial charge in [0.15, 0.2) is 0 Å². The van der Waals surface area contributed by atoms with Gasteiger partial charge in [0.05, 0.1) is 12.6 Å². The predicted molar refractivity (Wildman–Crippen MR) is 78.1 cm³/mol. The lowest BCUT2D eigenvalue weighted by Crippen LogP contribution is -2.50. The summed E-state index contributed by atoms with van der Waals surface area (Å²) < 4.78 is 24.6. The fourth-order valence-corrected chi connectivity index (χ4v) is 2.80. The Morgan fingerprint density at radius 1 is 1.30 bits per heavy atom. The first-order valence-electron chi connectivity index (χ1n) is 7.64. The molecular formula is C15H30F2N2O. The van der Waals surface area contributed by atoms with Gasteiger partial charge in [0.2, 0.25) is 0 Å². The number of nitrogens with one attached hydrogen (secondary N) is 1. The average Bonchev–Trinajstić information content (AvgIpc) is 2.34. The Bertz CT molecular complexity index is 282. The van der Waals surface area contributed by atoms with Crippen molar-refractivity contribution < 1.29 is 13.9 Å². The molecule has 120 valence electrons. The van der Waals surface area contributed by atoms with E-state index >= 15 is 0 Å². The van der Waals surface area contributed by atoms with E-state index < -0.39 is 6.43 Å². The summed E-state index contributed by atoms with van der Waals surface area (Å²) in [5, 5.41) is 13.2. The molecule has 0 radical (unpaired) electrons. The van der Waals surface area contributed by atoms with Crippen LogP contribution in [0.2, 0.25) is 0 Å². The Morgan fingerprint density at radius 2 is 1.95 bits per heavy atom. The first-order valence-corrected chi connectivity index (χ1v) is 7.64. The van der Waals surface area contributed by atoms with E-state index in [0.717, 1.165) is 32.5 Å². The first kappa shape index (κ1) is 17.8. The van der Waals surface area contributed by atoms with Gasteiger partial charge in [0.25, 0.3) is 6.43 Å². The summed E-state index contributed by atoms with van der Waals surface area (Å²) in [5.41, 5.74) is -0.125. The predicted octanol–water partition coefficient (Wildman–Crippen LogP) is 2.35. The van der Waals surface area contributed by atoms with Crippen LogP contribution in [0.4, 0.5) is 8.78 Å². The minimum atomic E-state index is -2.30. The van der Waals surface area contributed by atoms with Crippen molar-refractivity contribution in [3.63, 3.8) is 0 Å². The Kier molecular flexibility index (Phi) is 6.82. The standard InChI is InChI=1S/C15H30F2N2O/c1-5-19-9-11(7-13(20)15(2,3)4)6-12(10-19)18-8-14(16)17/h11-14,18,20H,5-10H2,1-4H3. The molecule has 3 nitrogen and oxygen atoms in total. The molecule has 5 heteroatoms. The van der Waals surface area contributed by atoms with Crippen molar-refractivity contribution >= 4 is 0 Å². The summed E-state index contributed by atoms with van der Waals surface area (Å²) >= 11 is 0. The lowest BCUT2D eigenvalue weighted by atomic mass is 9.80. The summed E-state index contributed by atoms with van der Waals surface area (Å²) in [6, 6.07) is 0.106.